The fourth-order valence-electron chi connectivity index (χ4n) is 4.77. The van der Waals surface area contributed by atoms with Crippen molar-refractivity contribution < 1.29 is 55.3 Å². The first kappa shape index (κ1) is 42.3. The number of rotatable bonds is 21. The second-order valence-electron chi connectivity index (χ2n) is 13.6. The summed E-state index contributed by atoms with van der Waals surface area (Å²) in [7, 11) is -8.32. The molecule has 3 aromatic rings. The van der Waals surface area contributed by atoms with Crippen molar-refractivity contribution >= 4 is 27.6 Å². The van der Waals surface area contributed by atoms with E-state index in [1.807, 2.05) is 13.8 Å². The predicted molar refractivity (Wildman–Crippen MR) is 197 cm³/mol. The highest BCUT2D eigenvalue weighted by Gasteiger charge is 2.37. The van der Waals surface area contributed by atoms with Crippen LogP contribution in [-0.4, -0.2) is 37.4 Å². The quantitative estimate of drug-likeness (QED) is 0.0579. The van der Waals surface area contributed by atoms with Crippen molar-refractivity contribution in [1.82, 2.24) is 0 Å². The third kappa shape index (κ3) is 14.9. The fraction of sp³-hybridized carbons (Fsp3) is 0.421. The molecule has 3 rings (SSSR count). The molecule has 0 aliphatic rings. The van der Waals surface area contributed by atoms with Crippen LogP contribution in [0.15, 0.2) is 103 Å². The molecule has 0 spiro atoms. The lowest BCUT2D eigenvalue weighted by atomic mass is 9.82. The van der Waals surface area contributed by atoms with Crippen LogP contribution in [0.3, 0.4) is 0 Å². The molecule has 0 aliphatic carbocycles. The van der Waals surface area contributed by atoms with Gasteiger partial charge in [0.15, 0.2) is 0 Å². The molecule has 0 fully saturated rings. The normalized spacial score (nSPS) is 14.7. The third-order valence-electron chi connectivity index (χ3n) is 7.20. The molecular weight excluding hydrogens is 710 g/mol. The summed E-state index contributed by atoms with van der Waals surface area (Å²) in [4.78, 5) is 26.1. The highest BCUT2D eigenvalue weighted by atomic mass is 31.2. The lowest BCUT2D eigenvalue weighted by Gasteiger charge is -2.35. The van der Waals surface area contributed by atoms with Crippen LogP contribution < -0.4 is 13.6 Å². The molecule has 0 aromatic heterocycles. The number of hydrogen-bond donors (Lipinski definition) is 0. The topological polar surface area (TPSA) is 142 Å². The Kier molecular flexibility index (Phi) is 15.6. The number of hydrogen-bond acceptors (Lipinski definition) is 12. The molecule has 0 aliphatic heterocycles. The van der Waals surface area contributed by atoms with Crippen molar-refractivity contribution in [2.24, 2.45) is 17.3 Å². The van der Waals surface area contributed by atoms with Gasteiger partial charge in [-0.2, -0.15) is 0 Å². The van der Waals surface area contributed by atoms with Gasteiger partial charge >= 0.3 is 27.6 Å². The second kappa shape index (κ2) is 19.1. The van der Waals surface area contributed by atoms with Gasteiger partial charge in [0.2, 0.25) is 0 Å². The molecule has 0 saturated carbocycles. The number of para-hydroxylation sites is 3. The summed E-state index contributed by atoms with van der Waals surface area (Å²) in [6, 6.07) is 25.3. The predicted octanol–water partition coefficient (Wildman–Crippen LogP) is 9.97. The zero-order valence-electron chi connectivity index (χ0n) is 31.0. The fourth-order valence-corrected chi connectivity index (χ4v) is 7.46. The average molecular weight is 761 g/mol. The third-order valence-corrected chi connectivity index (χ3v) is 9.95. The Morgan fingerprint density at radius 2 is 1.08 bits per heavy atom. The largest absolute Gasteiger partial charge is 0.587 e. The van der Waals surface area contributed by atoms with Crippen LogP contribution in [0.4, 0.5) is 0 Å². The first-order valence-electron chi connectivity index (χ1n) is 16.9. The van der Waals surface area contributed by atoms with E-state index in [-0.39, 0.29) is 37.1 Å². The molecule has 0 radical (unpaired) electrons. The van der Waals surface area contributed by atoms with E-state index in [4.69, 9.17) is 36.6 Å². The van der Waals surface area contributed by atoms with Crippen LogP contribution in [0, 0.1) is 17.3 Å². The lowest BCUT2D eigenvalue weighted by Crippen LogP contribution is -2.38. The Morgan fingerprint density at radius 1 is 0.673 bits per heavy atom. The van der Waals surface area contributed by atoms with Gasteiger partial charge in [0.05, 0.1) is 31.7 Å². The number of carbonyl (C=O) groups is 2. The van der Waals surface area contributed by atoms with Gasteiger partial charge in [0.25, 0.3) is 0 Å². The van der Waals surface area contributed by atoms with Crippen LogP contribution in [-0.2, 0) is 41.8 Å². The summed E-state index contributed by atoms with van der Waals surface area (Å²) >= 11 is 0. The smallest absolute Gasteiger partial charge is 0.465 e. The summed E-state index contributed by atoms with van der Waals surface area (Å²) < 4.78 is 71.9. The van der Waals surface area contributed by atoms with Gasteiger partial charge in [-0.1, -0.05) is 68.4 Å². The van der Waals surface area contributed by atoms with Crippen LogP contribution in [0.5, 0.6) is 17.2 Å². The minimum absolute atomic E-state index is 0.00382. The van der Waals surface area contributed by atoms with E-state index in [0.29, 0.717) is 12.2 Å². The van der Waals surface area contributed by atoms with Gasteiger partial charge in [-0.15, -0.1) is 0 Å². The van der Waals surface area contributed by atoms with Crippen molar-refractivity contribution in [3.8, 4) is 17.2 Å². The summed E-state index contributed by atoms with van der Waals surface area (Å²) in [5.41, 5.74) is -1.60. The standard InChI is InChI=1S/C38H50O12P2/c1-9-31(4)47-51(41,48-32-19-13-10-14-20-32)44-26-30(3)36(40)46-38(7,8)27-37(5,6)28-43-35(39)29(2)25-45-52(42,49-33-21-15-11-16-22-33)50-34-23-17-12-18-24-34/h9-24,29-30H,25-28H2,1-8H3/b31-9+. The average Bonchev–Trinajstić information content (AvgIpc) is 3.09. The van der Waals surface area contributed by atoms with Crippen LogP contribution in [0.25, 0.3) is 0 Å². The number of esters is 2. The Morgan fingerprint density at radius 3 is 1.52 bits per heavy atom. The maximum atomic E-state index is 13.6. The Balaban J connectivity index is 1.52. The van der Waals surface area contributed by atoms with Gasteiger partial charge in [-0.3, -0.25) is 18.6 Å². The molecule has 0 heterocycles. The maximum absolute atomic E-state index is 13.6. The summed E-state index contributed by atoms with van der Waals surface area (Å²) in [6.07, 6.45) is 1.93. The molecule has 3 unspecified atom stereocenters. The van der Waals surface area contributed by atoms with Crippen LogP contribution in [0.1, 0.15) is 61.8 Å². The Labute approximate surface area is 306 Å². The van der Waals surface area contributed by atoms with E-state index in [9.17, 15) is 18.7 Å². The summed E-state index contributed by atoms with van der Waals surface area (Å²) in [6.45, 7) is 13.1. The van der Waals surface area contributed by atoms with E-state index in [1.165, 1.54) is 0 Å². The zero-order valence-corrected chi connectivity index (χ0v) is 32.8. The first-order valence-corrected chi connectivity index (χ1v) is 19.8. The van der Waals surface area contributed by atoms with E-state index in [2.05, 4.69) is 0 Å². The number of ether oxygens (including phenoxy) is 2. The molecule has 3 aromatic carbocycles. The van der Waals surface area contributed by atoms with Crippen molar-refractivity contribution in [3.63, 3.8) is 0 Å². The van der Waals surface area contributed by atoms with Gasteiger partial charge in [-0.05, 0) is 90.4 Å². The van der Waals surface area contributed by atoms with E-state index in [1.54, 1.807) is 139 Å². The van der Waals surface area contributed by atoms with Crippen molar-refractivity contribution in [1.29, 1.82) is 0 Å². The molecular formula is C38H50O12P2. The van der Waals surface area contributed by atoms with Gasteiger partial charge in [0, 0.05) is 5.41 Å². The molecule has 0 saturated heterocycles. The number of phosphoric acid groups is 2. The molecule has 0 amide bonds. The monoisotopic (exact) mass is 760 g/mol. The van der Waals surface area contributed by atoms with Gasteiger partial charge in [0.1, 0.15) is 28.6 Å². The van der Waals surface area contributed by atoms with E-state index < -0.39 is 50.4 Å². The minimum atomic E-state index is -4.19. The lowest BCUT2D eigenvalue weighted by molar-refractivity contribution is -0.167. The summed E-state index contributed by atoms with van der Waals surface area (Å²) in [5, 5.41) is 0. The molecule has 3 atom stereocenters. The second-order valence-corrected chi connectivity index (χ2v) is 16.7. The SMILES string of the molecule is C/C=C(\C)OP(=O)(OCC(C)C(=O)OC(C)(C)CC(C)(C)COC(=O)C(C)COP(=O)(Oc1ccccc1)Oc1ccccc1)Oc1ccccc1. The van der Waals surface area contributed by atoms with Crippen LogP contribution in [0.2, 0.25) is 0 Å². The number of allylic oxidation sites excluding steroid dienone is 2. The summed E-state index contributed by atoms with van der Waals surface area (Å²) in [5.74, 6) is -1.66. The molecule has 14 heteroatoms. The van der Waals surface area contributed by atoms with Crippen molar-refractivity contribution in [3.05, 3.63) is 103 Å². The van der Waals surface area contributed by atoms with Gasteiger partial charge < -0.3 is 27.6 Å². The molecule has 284 valence electrons. The highest BCUT2D eigenvalue weighted by molar-refractivity contribution is 7.49. The molecule has 12 nitrogen and oxygen atoms in total. The minimum Gasteiger partial charge on any atom is -0.465 e. The van der Waals surface area contributed by atoms with Crippen molar-refractivity contribution in [2.45, 2.75) is 67.4 Å². The molecule has 52 heavy (non-hydrogen) atoms. The number of phosphoric ester groups is 2. The Bertz CT molecular complexity index is 1650. The zero-order chi connectivity index (χ0) is 38.4. The van der Waals surface area contributed by atoms with E-state index >= 15 is 0 Å². The first-order chi connectivity index (χ1) is 24.4. The van der Waals surface area contributed by atoms with Gasteiger partial charge in [-0.25, -0.2) is 9.13 Å². The highest BCUT2D eigenvalue weighted by Crippen LogP contribution is 2.52. The van der Waals surface area contributed by atoms with Crippen molar-refractivity contribution in [2.75, 3.05) is 19.8 Å². The molecule has 0 bridgehead atoms. The van der Waals surface area contributed by atoms with Crippen LogP contribution >= 0.6 is 15.6 Å². The maximum Gasteiger partial charge on any atom is 0.587 e. The van der Waals surface area contributed by atoms with E-state index in [0.717, 1.165) is 0 Å². The number of benzene rings is 3. The molecule has 0 N–H and O–H groups in total. The Hall–Kier alpha value is -4.08. The number of carbonyl (C=O) groups excluding carboxylic acids is 2.